The van der Waals surface area contributed by atoms with Gasteiger partial charge < -0.3 is 15.0 Å². The standard InChI is InChI=1S/C31H38FN3O5S/c1-6-23(4)33-31(37)29(7-2)34(20-24-10-16-27(40-5)17-11-24)30(36)21-35(26-14-8-22(3)9-15-26)41(38,39)28-18-12-25(32)13-19-28/h8-19,23,29H,6-7,20-21H2,1-5H3,(H,33,37)/t23-,29-/m1/s1. The van der Waals surface area contributed by atoms with Gasteiger partial charge in [0, 0.05) is 12.6 Å². The number of rotatable bonds is 13. The van der Waals surface area contributed by atoms with Gasteiger partial charge >= 0.3 is 0 Å². The summed E-state index contributed by atoms with van der Waals surface area (Å²) < 4.78 is 47.5. The van der Waals surface area contributed by atoms with Gasteiger partial charge in [-0.25, -0.2) is 12.8 Å². The summed E-state index contributed by atoms with van der Waals surface area (Å²) in [5.74, 6) is -0.806. The van der Waals surface area contributed by atoms with E-state index in [1.54, 1.807) is 55.6 Å². The van der Waals surface area contributed by atoms with Crippen LogP contribution in [0.25, 0.3) is 0 Å². The van der Waals surface area contributed by atoms with Crippen LogP contribution in [0.4, 0.5) is 10.1 Å². The van der Waals surface area contributed by atoms with E-state index >= 15 is 0 Å². The predicted molar refractivity (Wildman–Crippen MR) is 158 cm³/mol. The molecule has 0 spiro atoms. The summed E-state index contributed by atoms with van der Waals surface area (Å²) in [4.78, 5) is 28.7. The van der Waals surface area contributed by atoms with Crippen LogP contribution < -0.4 is 14.4 Å². The van der Waals surface area contributed by atoms with Gasteiger partial charge in [0.2, 0.25) is 11.8 Å². The molecule has 2 atom stereocenters. The first-order chi connectivity index (χ1) is 19.5. The summed E-state index contributed by atoms with van der Waals surface area (Å²) in [5.41, 5.74) is 1.93. The molecule has 3 aromatic rings. The van der Waals surface area contributed by atoms with Crippen LogP contribution >= 0.6 is 0 Å². The molecule has 41 heavy (non-hydrogen) atoms. The second-order valence-corrected chi connectivity index (χ2v) is 11.8. The lowest BCUT2D eigenvalue weighted by Gasteiger charge is -2.33. The van der Waals surface area contributed by atoms with Crippen LogP contribution in [0.3, 0.4) is 0 Å². The van der Waals surface area contributed by atoms with Gasteiger partial charge in [-0.05, 0) is 80.8 Å². The number of anilines is 1. The summed E-state index contributed by atoms with van der Waals surface area (Å²) >= 11 is 0. The lowest BCUT2D eigenvalue weighted by Crippen LogP contribution is -2.53. The summed E-state index contributed by atoms with van der Waals surface area (Å²) in [5, 5.41) is 2.95. The highest BCUT2D eigenvalue weighted by Gasteiger charge is 2.34. The summed E-state index contributed by atoms with van der Waals surface area (Å²) in [6, 6.07) is 17.4. The van der Waals surface area contributed by atoms with E-state index in [-0.39, 0.29) is 29.1 Å². The minimum Gasteiger partial charge on any atom is -0.497 e. The summed E-state index contributed by atoms with van der Waals surface area (Å²) in [7, 11) is -2.71. The highest BCUT2D eigenvalue weighted by Crippen LogP contribution is 2.26. The minimum absolute atomic E-state index is 0.0770. The highest BCUT2D eigenvalue weighted by molar-refractivity contribution is 7.92. The Balaban J connectivity index is 2.05. The third-order valence-corrected chi connectivity index (χ3v) is 8.69. The Morgan fingerprint density at radius 1 is 0.927 bits per heavy atom. The number of hydrogen-bond acceptors (Lipinski definition) is 5. The Morgan fingerprint density at radius 3 is 2.07 bits per heavy atom. The molecule has 0 saturated carbocycles. The van der Waals surface area contributed by atoms with E-state index in [9.17, 15) is 22.4 Å². The smallest absolute Gasteiger partial charge is 0.264 e. The number of ether oxygens (including phenoxy) is 1. The molecule has 0 fully saturated rings. The molecule has 3 aromatic carbocycles. The molecule has 1 N–H and O–H groups in total. The first kappa shape index (κ1) is 31.6. The van der Waals surface area contributed by atoms with Crippen LogP contribution in [-0.4, -0.2) is 50.9 Å². The fourth-order valence-corrected chi connectivity index (χ4v) is 5.68. The number of carbonyl (C=O) groups is 2. The van der Waals surface area contributed by atoms with Gasteiger partial charge in [-0.3, -0.25) is 13.9 Å². The van der Waals surface area contributed by atoms with Gasteiger partial charge in [-0.1, -0.05) is 43.7 Å². The number of halogens is 1. The van der Waals surface area contributed by atoms with E-state index in [0.717, 1.165) is 27.6 Å². The zero-order valence-corrected chi connectivity index (χ0v) is 24.9. The molecule has 8 nitrogen and oxygen atoms in total. The number of carbonyl (C=O) groups excluding carboxylic acids is 2. The normalized spacial score (nSPS) is 12.7. The monoisotopic (exact) mass is 583 g/mol. The number of nitrogens with zero attached hydrogens (tertiary/aromatic N) is 2. The molecule has 0 bridgehead atoms. The third kappa shape index (κ3) is 8.07. The van der Waals surface area contributed by atoms with Gasteiger partial charge in [-0.15, -0.1) is 0 Å². The van der Waals surface area contributed by atoms with E-state index < -0.39 is 34.3 Å². The van der Waals surface area contributed by atoms with Crippen molar-refractivity contribution in [3.8, 4) is 5.75 Å². The average molecular weight is 584 g/mol. The maximum absolute atomic E-state index is 14.1. The summed E-state index contributed by atoms with van der Waals surface area (Å²) in [6.45, 7) is 7.02. The van der Waals surface area contributed by atoms with Crippen LogP contribution in [0.2, 0.25) is 0 Å². The Labute approximate surface area is 242 Å². The van der Waals surface area contributed by atoms with Crippen LogP contribution in [0, 0.1) is 12.7 Å². The molecule has 0 aromatic heterocycles. The number of nitrogens with one attached hydrogen (secondary N) is 1. The van der Waals surface area contributed by atoms with Crippen molar-refractivity contribution in [3.63, 3.8) is 0 Å². The van der Waals surface area contributed by atoms with E-state index in [0.29, 0.717) is 18.6 Å². The van der Waals surface area contributed by atoms with Crippen molar-refractivity contribution in [1.82, 2.24) is 10.2 Å². The molecule has 0 radical (unpaired) electrons. The maximum atomic E-state index is 14.1. The fraction of sp³-hybridized carbons (Fsp3) is 0.355. The van der Waals surface area contributed by atoms with Crippen LogP contribution in [0.15, 0.2) is 77.7 Å². The number of sulfonamides is 1. The van der Waals surface area contributed by atoms with E-state index in [2.05, 4.69) is 5.32 Å². The Morgan fingerprint density at radius 2 is 1.54 bits per heavy atom. The van der Waals surface area contributed by atoms with Crippen molar-refractivity contribution < 1.29 is 27.1 Å². The first-order valence-electron chi connectivity index (χ1n) is 13.6. The highest BCUT2D eigenvalue weighted by atomic mass is 32.2. The molecule has 0 aliphatic carbocycles. The largest absolute Gasteiger partial charge is 0.497 e. The first-order valence-corrected chi connectivity index (χ1v) is 15.0. The predicted octanol–water partition coefficient (Wildman–Crippen LogP) is 5.06. The molecule has 0 unspecified atom stereocenters. The van der Waals surface area contributed by atoms with Gasteiger partial charge in [0.1, 0.15) is 24.2 Å². The molecule has 0 saturated heterocycles. The lowest BCUT2D eigenvalue weighted by molar-refractivity contribution is -0.140. The molecule has 220 valence electrons. The number of aryl methyl sites for hydroxylation is 1. The van der Waals surface area contributed by atoms with Crippen LogP contribution in [0.1, 0.15) is 44.7 Å². The second-order valence-electron chi connectivity index (χ2n) is 9.91. The van der Waals surface area contributed by atoms with Crippen molar-refractivity contribution in [2.75, 3.05) is 18.0 Å². The van der Waals surface area contributed by atoms with E-state index in [1.807, 2.05) is 27.7 Å². The zero-order chi connectivity index (χ0) is 30.2. The van der Waals surface area contributed by atoms with Gasteiger partial charge in [-0.2, -0.15) is 0 Å². The van der Waals surface area contributed by atoms with E-state index in [1.165, 1.54) is 17.0 Å². The second kappa shape index (κ2) is 14.1. The fourth-order valence-electron chi connectivity index (χ4n) is 4.26. The number of hydrogen-bond donors (Lipinski definition) is 1. The summed E-state index contributed by atoms with van der Waals surface area (Å²) in [6.07, 6.45) is 1.03. The van der Waals surface area contributed by atoms with Crippen molar-refractivity contribution in [3.05, 3.63) is 89.7 Å². The zero-order valence-electron chi connectivity index (χ0n) is 24.1. The quantitative estimate of drug-likeness (QED) is 0.304. The number of methoxy groups -OCH3 is 1. The van der Waals surface area contributed by atoms with Crippen molar-refractivity contribution in [2.45, 2.75) is 64.1 Å². The molecule has 0 aliphatic rings. The minimum atomic E-state index is -4.27. The Kier molecular flexibility index (Phi) is 10.9. The van der Waals surface area contributed by atoms with Crippen molar-refractivity contribution >= 4 is 27.5 Å². The molecule has 3 rings (SSSR count). The van der Waals surface area contributed by atoms with Gasteiger partial charge in [0.15, 0.2) is 0 Å². The topological polar surface area (TPSA) is 96.0 Å². The molecule has 0 heterocycles. The SMILES string of the molecule is CC[C@@H](C)NC(=O)[C@@H](CC)N(Cc1ccc(OC)cc1)C(=O)CN(c1ccc(C)cc1)S(=O)(=O)c1ccc(F)cc1. The van der Waals surface area contributed by atoms with Crippen molar-refractivity contribution in [1.29, 1.82) is 0 Å². The van der Waals surface area contributed by atoms with E-state index in [4.69, 9.17) is 4.74 Å². The van der Waals surface area contributed by atoms with Crippen molar-refractivity contribution in [2.24, 2.45) is 0 Å². The lowest BCUT2D eigenvalue weighted by atomic mass is 10.1. The molecule has 10 heteroatoms. The Bertz CT molecular complexity index is 1410. The van der Waals surface area contributed by atoms with Crippen LogP contribution in [-0.2, 0) is 26.2 Å². The van der Waals surface area contributed by atoms with Gasteiger partial charge in [0.05, 0.1) is 17.7 Å². The molecular formula is C31H38FN3O5S. The van der Waals surface area contributed by atoms with Gasteiger partial charge in [0.25, 0.3) is 10.0 Å². The Hall–Kier alpha value is -3.92. The number of amides is 2. The average Bonchev–Trinajstić information content (AvgIpc) is 2.96. The molecule has 2 amide bonds. The van der Waals surface area contributed by atoms with Crippen LogP contribution in [0.5, 0.6) is 5.75 Å². The number of benzene rings is 3. The maximum Gasteiger partial charge on any atom is 0.264 e. The molecular weight excluding hydrogens is 545 g/mol. The third-order valence-electron chi connectivity index (χ3n) is 6.90. The molecule has 0 aliphatic heterocycles.